The van der Waals surface area contributed by atoms with E-state index in [2.05, 4.69) is 25.2 Å². The normalized spacial score (nSPS) is 11.7. The zero-order chi connectivity index (χ0) is 28.3. The van der Waals surface area contributed by atoms with Crippen LogP contribution >= 0.6 is 0 Å². The Kier molecular flexibility index (Phi) is 9.87. The van der Waals surface area contributed by atoms with E-state index in [1.165, 1.54) is 49.7 Å². The number of terminal acetylenes is 1. The summed E-state index contributed by atoms with van der Waals surface area (Å²) in [5.41, 5.74) is 2.79. The molecule has 0 fully saturated rings. The lowest BCUT2D eigenvalue weighted by Crippen LogP contribution is -2.48. The molecule has 11 nitrogen and oxygen atoms in total. The van der Waals surface area contributed by atoms with Gasteiger partial charge in [0.2, 0.25) is 5.69 Å². The summed E-state index contributed by atoms with van der Waals surface area (Å²) in [6, 6.07) is 7.88. The minimum Gasteiger partial charge on any atom is -0.601 e. The number of nitrogens with one attached hydrogen (secondary N) is 1. The molecule has 194 valence electrons. The second kappa shape index (κ2) is 13.0. The van der Waals surface area contributed by atoms with Gasteiger partial charge >= 0.3 is 23.9 Å². The van der Waals surface area contributed by atoms with E-state index < -0.39 is 28.6 Å². The van der Waals surface area contributed by atoms with E-state index in [1.54, 1.807) is 5.92 Å². The Bertz CT molecular complexity index is 1370. The maximum absolute atomic E-state index is 13.3. The standard InChI is InChI=1S/C27H22N2O9/c1-6-24(30)35-19-11-10-18(22(16-19)37-26(32)8-3)14-15-28-29(5,34)21-13-12-20(36-25(31)7-2)17-23(21)38-27(33)9-4/h2,6,8-17,28H,1,3-4H2,5H3/b15-14+. The number of benzene rings is 2. The fraction of sp³-hybridized carbons (Fsp3) is 0.0370. The molecule has 0 radical (unpaired) electrons. The molecule has 1 unspecified atom stereocenters. The third kappa shape index (κ3) is 8.06. The van der Waals surface area contributed by atoms with Crippen LogP contribution in [0.4, 0.5) is 5.69 Å². The van der Waals surface area contributed by atoms with E-state index >= 15 is 0 Å². The van der Waals surface area contributed by atoms with E-state index in [0.29, 0.717) is 5.56 Å². The molecule has 0 heterocycles. The number of hydrogen-bond donors (Lipinski definition) is 1. The highest BCUT2D eigenvalue weighted by atomic mass is 16.6. The minimum absolute atomic E-state index is 0.00250. The van der Waals surface area contributed by atoms with Crippen LogP contribution in [0.1, 0.15) is 5.56 Å². The fourth-order valence-electron chi connectivity index (χ4n) is 2.73. The van der Waals surface area contributed by atoms with Crippen molar-refractivity contribution in [1.29, 1.82) is 0 Å². The monoisotopic (exact) mass is 518 g/mol. The van der Waals surface area contributed by atoms with Gasteiger partial charge in [0.1, 0.15) is 17.2 Å². The molecule has 0 saturated carbocycles. The van der Waals surface area contributed by atoms with Crippen molar-refractivity contribution in [3.63, 3.8) is 0 Å². The van der Waals surface area contributed by atoms with Gasteiger partial charge < -0.3 is 24.2 Å². The van der Waals surface area contributed by atoms with Gasteiger partial charge in [-0.3, -0.25) is 0 Å². The smallest absolute Gasteiger partial charge is 0.389 e. The zero-order valence-corrected chi connectivity index (χ0v) is 20.2. The first-order valence-corrected chi connectivity index (χ1v) is 10.5. The SMILES string of the molecule is C#CC(=O)Oc1ccc([N+](C)([O-])N/C=C/c2ccc(OC(=O)C=C)cc2OC(=O)C=C)c(OC(=O)C=C)c1. The van der Waals surface area contributed by atoms with Gasteiger partial charge in [0.15, 0.2) is 5.75 Å². The molecule has 2 aromatic rings. The zero-order valence-electron chi connectivity index (χ0n) is 20.2. The predicted octanol–water partition coefficient (Wildman–Crippen LogP) is 3.11. The third-order valence-electron chi connectivity index (χ3n) is 4.43. The lowest BCUT2D eigenvalue weighted by Gasteiger charge is -2.36. The number of carbonyl (C=O) groups excluding carboxylic acids is 4. The Hall–Kier alpha value is -5.44. The van der Waals surface area contributed by atoms with Crippen molar-refractivity contribution in [1.82, 2.24) is 10.2 Å². The second-order valence-corrected chi connectivity index (χ2v) is 7.13. The number of rotatable bonds is 11. The topological polar surface area (TPSA) is 140 Å². The molecule has 2 rings (SSSR count). The molecule has 0 saturated heterocycles. The van der Waals surface area contributed by atoms with Gasteiger partial charge in [0, 0.05) is 47.9 Å². The Morgan fingerprint density at radius 1 is 0.868 bits per heavy atom. The first-order chi connectivity index (χ1) is 18.0. The molecule has 1 N–H and O–H groups in total. The molecule has 0 aromatic heterocycles. The van der Waals surface area contributed by atoms with Crippen LogP contribution in [0.3, 0.4) is 0 Å². The summed E-state index contributed by atoms with van der Waals surface area (Å²) in [5, 5.41) is 13.3. The lowest BCUT2D eigenvalue weighted by molar-refractivity contribution is -0.130. The van der Waals surface area contributed by atoms with Crippen molar-refractivity contribution >= 4 is 35.6 Å². The molecule has 0 bridgehead atoms. The van der Waals surface area contributed by atoms with E-state index in [0.717, 1.165) is 24.3 Å². The van der Waals surface area contributed by atoms with Crippen molar-refractivity contribution in [2.24, 2.45) is 0 Å². The second-order valence-electron chi connectivity index (χ2n) is 7.13. The Labute approximate surface area is 218 Å². The quantitative estimate of drug-likeness (QED) is 0.0897. The van der Waals surface area contributed by atoms with E-state index in [1.807, 2.05) is 0 Å². The number of hydroxylamine groups is 1. The molecule has 0 aliphatic rings. The van der Waals surface area contributed by atoms with Gasteiger partial charge in [0.05, 0.1) is 13.2 Å². The highest BCUT2D eigenvalue weighted by molar-refractivity contribution is 5.90. The number of carbonyl (C=O) groups is 4. The molecular formula is C27H22N2O9. The first-order valence-electron chi connectivity index (χ1n) is 10.5. The first kappa shape index (κ1) is 28.8. The lowest BCUT2D eigenvalue weighted by atomic mass is 10.2. The van der Waals surface area contributed by atoms with Crippen LogP contribution in [-0.4, -0.2) is 30.9 Å². The van der Waals surface area contributed by atoms with E-state index in [4.69, 9.17) is 25.4 Å². The highest BCUT2D eigenvalue weighted by Crippen LogP contribution is 2.35. The summed E-state index contributed by atoms with van der Waals surface area (Å²) in [6.45, 7) is 9.95. The van der Waals surface area contributed by atoms with Crippen molar-refractivity contribution in [2.75, 3.05) is 7.05 Å². The average molecular weight is 518 g/mol. The van der Waals surface area contributed by atoms with Crippen LogP contribution in [0.2, 0.25) is 0 Å². The van der Waals surface area contributed by atoms with Crippen molar-refractivity contribution in [2.45, 2.75) is 0 Å². The largest absolute Gasteiger partial charge is 0.601 e. The number of esters is 4. The van der Waals surface area contributed by atoms with Crippen molar-refractivity contribution in [3.05, 3.63) is 91.3 Å². The maximum Gasteiger partial charge on any atom is 0.389 e. The van der Waals surface area contributed by atoms with Crippen LogP contribution < -0.4 is 29.1 Å². The number of ether oxygens (including phenoxy) is 4. The van der Waals surface area contributed by atoms with Crippen LogP contribution in [0.15, 0.2) is 80.6 Å². The molecule has 0 spiro atoms. The van der Waals surface area contributed by atoms with E-state index in [9.17, 15) is 24.4 Å². The van der Waals surface area contributed by atoms with Crippen LogP contribution in [-0.2, 0) is 19.2 Å². The van der Waals surface area contributed by atoms with Gasteiger partial charge in [-0.15, -0.1) is 6.42 Å². The molecule has 0 aliphatic heterocycles. The van der Waals surface area contributed by atoms with Crippen molar-refractivity contribution in [3.8, 4) is 35.3 Å². The van der Waals surface area contributed by atoms with Crippen LogP contribution in [0, 0.1) is 17.6 Å². The summed E-state index contributed by atoms with van der Waals surface area (Å²) in [6.07, 6.45) is 10.4. The van der Waals surface area contributed by atoms with Gasteiger partial charge in [-0.2, -0.15) is 0 Å². The minimum atomic E-state index is -1.31. The Morgan fingerprint density at radius 2 is 1.39 bits per heavy atom. The van der Waals surface area contributed by atoms with Gasteiger partial charge in [-0.25, -0.2) is 29.4 Å². The van der Waals surface area contributed by atoms with E-state index in [-0.39, 0.29) is 28.7 Å². The fourth-order valence-corrected chi connectivity index (χ4v) is 2.73. The van der Waals surface area contributed by atoms with Crippen LogP contribution in [0.25, 0.3) is 6.08 Å². The Morgan fingerprint density at radius 3 is 2.00 bits per heavy atom. The molecule has 0 amide bonds. The highest BCUT2D eigenvalue weighted by Gasteiger charge is 2.23. The van der Waals surface area contributed by atoms with Gasteiger partial charge in [-0.1, -0.05) is 19.7 Å². The summed E-state index contributed by atoms with van der Waals surface area (Å²) in [7, 11) is 1.19. The summed E-state index contributed by atoms with van der Waals surface area (Å²) < 4.78 is 18.9. The van der Waals surface area contributed by atoms with Crippen LogP contribution in [0.5, 0.6) is 23.0 Å². The maximum atomic E-state index is 13.3. The predicted molar refractivity (Wildman–Crippen MR) is 138 cm³/mol. The number of nitrogens with zero attached hydrogens (tertiary/aromatic N) is 1. The van der Waals surface area contributed by atoms with Gasteiger partial charge in [-0.05, 0) is 24.3 Å². The number of quaternary nitrogens is 1. The van der Waals surface area contributed by atoms with Crippen molar-refractivity contribution < 1.29 is 38.1 Å². The summed E-state index contributed by atoms with van der Waals surface area (Å²) >= 11 is 0. The van der Waals surface area contributed by atoms with Gasteiger partial charge in [0.25, 0.3) is 0 Å². The third-order valence-corrected chi connectivity index (χ3v) is 4.43. The number of hydrogen-bond acceptors (Lipinski definition) is 10. The average Bonchev–Trinajstić information content (AvgIpc) is 2.89. The molecule has 11 heteroatoms. The molecule has 38 heavy (non-hydrogen) atoms. The molecule has 1 atom stereocenters. The molecule has 0 aliphatic carbocycles. The molecule has 2 aromatic carbocycles. The summed E-state index contributed by atoms with van der Waals surface area (Å²) in [4.78, 5) is 46.4. The molecular weight excluding hydrogens is 496 g/mol. The Balaban J connectivity index is 2.37. The summed E-state index contributed by atoms with van der Waals surface area (Å²) in [5.74, 6) is -1.79.